The molecular formula is C22H27ClN4O3S. The SMILES string of the molecule is CCc1cc(Cl)ccc1C(=O)Nc1cncc(NC2CCCN(S(=O)(=O)C3CC3)C2)c1. The predicted octanol–water partition coefficient (Wildman–Crippen LogP) is 3.92. The summed E-state index contributed by atoms with van der Waals surface area (Å²) >= 11 is 6.04. The molecule has 1 unspecified atom stereocenters. The normalized spacial score (nSPS) is 19.7. The summed E-state index contributed by atoms with van der Waals surface area (Å²) in [6, 6.07) is 7.06. The van der Waals surface area contributed by atoms with Gasteiger partial charge in [-0.05, 0) is 61.9 Å². The number of sulfonamides is 1. The van der Waals surface area contributed by atoms with Crippen LogP contribution < -0.4 is 10.6 Å². The summed E-state index contributed by atoms with van der Waals surface area (Å²) < 4.78 is 26.7. The molecule has 2 fully saturated rings. The lowest BCUT2D eigenvalue weighted by Gasteiger charge is -2.33. The molecule has 0 spiro atoms. The molecule has 1 aromatic carbocycles. The fourth-order valence-electron chi connectivity index (χ4n) is 3.97. The minimum atomic E-state index is -3.17. The number of nitrogens with zero attached hydrogens (tertiary/aromatic N) is 2. The minimum Gasteiger partial charge on any atom is -0.380 e. The second-order valence-corrected chi connectivity index (χ2v) is 10.8. The van der Waals surface area contributed by atoms with Gasteiger partial charge in [0, 0.05) is 29.7 Å². The number of hydrogen-bond donors (Lipinski definition) is 2. The van der Waals surface area contributed by atoms with Crippen molar-refractivity contribution in [1.82, 2.24) is 9.29 Å². The van der Waals surface area contributed by atoms with Gasteiger partial charge in [-0.3, -0.25) is 9.78 Å². The highest BCUT2D eigenvalue weighted by Crippen LogP contribution is 2.32. The summed E-state index contributed by atoms with van der Waals surface area (Å²) in [7, 11) is -3.17. The highest BCUT2D eigenvalue weighted by Gasteiger charge is 2.41. The van der Waals surface area contributed by atoms with Gasteiger partial charge in [0.05, 0.1) is 29.0 Å². The topological polar surface area (TPSA) is 91.4 Å². The van der Waals surface area contributed by atoms with Crippen molar-refractivity contribution in [2.45, 2.75) is 50.3 Å². The van der Waals surface area contributed by atoms with E-state index < -0.39 is 10.0 Å². The van der Waals surface area contributed by atoms with Crippen LogP contribution in [0.4, 0.5) is 11.4 Å². The van der Waals surface area contributed by atoms with Gasteiger partial charge in [0.1, 0.15) is 0 Å². The van der Waals surface area contributed by atoms with Crippen molar-refractivity contribution in [3.8, 4) is 0 Å². The number of carbonyl (C=O) groups is 1. The van der Waals surface area contributed by atoms with Crippen molar-refractivity contribution in [1.29, 1.82) is 0 Å². The third kappa shape index (κ3) is 5.19. The zero-order chi connectivity index (χ0) is 22.0. The first kappa shape index (κ1) is 22.0. The van der Waals surface area contributed by atoms with E-state index >= 15 is 0 Å². The molecule has 2 N–H and O–H groups in total. The zero-order valence-electron chi connectivity index (χ0n) is 17.5. The summed E-state index contributed by atoms with van der Waals surface area (Å²) in [6.45, 7) is 3.03. The van der Waals surface area contributed by atoms with E-state index in [4.69, 9.17) is 11.6 Å². The number of carbonyl (C=O) groups excluding carboxylic acids is 1. The third-order valence-corrected chi connectivity index (χ3v) is 8.35. The smallest absolute Gasteiger partial charge is 0.255 e. The maximum absolute atomic E-state index is 12.8. The van der Waals surface area contributed by atoms with Gasteiger partial charge in [0.25, 0.3) is 5.91 Å². The van der Waals surface area contributed by atoms with Gasteiger partial charge in [-0.15, -0.1) is 0 Å². The van der Waals surface area contributed by atoms with Gasteiger partial charge in [0.15, 0.2) is 0 Å². The second kappa shape index (κ2) is 9.14. The van der Waals surface area contributed by atoms with Gasteiger partial charge in [0.2, 0.25) is 10.0 Å². The quantitative estimate of drug-likeness (QED) is 0.650. The summed E-state index contributed by atoms with van der Waals surface area (Å²) in [5.41, 5.74) is 2.79. The molecule has 1 aliphatic carbocycles. The fourth-order valence-corrected chi connectivity index (χ4v) is 6.09. The maximum Gasteiger partial charge on any atom is 0.255 e. The van der Waals surface area contributed by atoms with Crippen LogP contribution in [-0.2, 0) is 16.4 Å². The van der Waals surface area contributed by atoms with E-state index in [1.54, 1.807) is 34.9 Å². The van der Waals surface area contributed by atoms with Crippen LogP contribution in [0.2, 0.25) is 5.02 Å². The molecule has 7 nitrogen and oxygen atoms in total. The van der Waals surface area contributed by atoms with Crippen LogP contribution in [0.3, 0.4) is 0 Å². The Balaban J connectivity index is 1.42. The average Bonchev–Trinajstić information content (AvgIpc) is 3.60. The number of nitrogens with one attached hydrogen (secondary N) is 2. The maximum atomic E-state index is 12.8. The Bertz CT molecular complexity index is 1070. The van der Waals surface area contributed by atoms with Crippen LogP contribution in [0.15, 0.2) is 36.7 Å². The Morgan fingerprint density at radius 3 is 2.71 bits per heavy atom. The average molecular weight is 463 g/mol. The molecule has 2 heterocycles. The summed E-state index contributed by atoms with van der Waals surface area (Å²) in [5, 5.41) is 6.70. The van der Waals surface area contributed by atoms with Gasteiger partial charge in [-0.2, -0.15) is 4.31 Å². The highest BCUT2D eigenvalue weighted by atomic mass is 35.5. The number of pyridine rings is 1. The number of halogens is 1. The third-order valence-electron chi connectivity index (χ3n) is 5.75. The van der Waals surface area contributed by atoms with E-state index in [0.29, 0.717) is 35.8 Å². The second-order valence-electron chi connectivity index (χ2n) is 8.16. The highest BCUT2D eigenvalue weighted by molar-refractivity contribution is 7.90. The van der Waals surface area contributed by atoms with E-state index in [2.05, 4.69) is 15.6 Å². The standard InChI is InChI=1S/C22H27ClN4O3S/c1-2-15-10-16(23)5-8-21(15)22(28)26-19-11-18(12-24-13-19)25-17-4-3-9-27(14-17)31(29,30)20-6-7-20/h5,8,10-13,17,20,25H,2-4,6-7,9,14H2,1H3,(H,26,28). The molecule has 0 radical (unpaired) electrons. The molecular weight excluding hydrogens is 436 g/mol. The monoisotopic (exact) mass is 462 g/mol. The Morgan fingerprint density at radius 1 is 1.19 bits per heavy atom. The minimum absolute atomic E-state index is 0.0120. The molecule has 2 aromatic rings. The lowest BCUT2D eigenvalue weighted by Crippen LogP contribution is -2.46. The van der Waals surface area contributed by atoms with E-state index in [1.165, 1.54) is 0 Å². The van der Waals surface area contributed by atoms with E-state index in [0.717, 1.165) is 36.9 Å². The Morgan fingerprint density at radius 2 is 1.97 bits per heavy atom. The number of aromatic nitrogens is 1. The van der Waals surface area contributed by atoms with Crippen LogP contribution >= 0.6 is 11.6 Å². The van der Waals surface area contributed by atoms with E-state index in [-0.39, 0.29) is 17.2 Å². The first-order chi connectivity index (χ1) is 14.9. The molecule has 1 aliphatic heterocycles. The number of benzene rings is 1. The number of amides is 1. The molecule has 1 atom stereocenters. The van der Waals surface area contributed by atoms with Crippen molar-refractivity contribution < 1.29 is 13.2 Å². The van der Waals surface area contributed by atoms with Crippen molar-refractivity contribution in [2.24, 2.45) is 0 Å². The molecule has 166 valence electrons. The van der Waals surface area contributed by atoms with Crippen molar-refractivity contribution >= 4 is 38.9 Å². The van der Waals surface area contributed by atoms with Crippen LogP contribution in [0.1, 0.15) is 48.5 Å². The van der Waals surface area contributed by atoms with E-state index in [1.807, 2.05) is 13.0 Å². The Kier molecular flexibility index (Phi) is 6.50. The van der Waals surface area contributed by atoms with Gasteiger partial charge in [-0.25, -0.2) is 8.42 Å². The largest absolute Gasteiger partial charge is 0.380 e. The Labute approximate surface area is 188 Å². The summed E-state index contributed by atoms with van der Waals surface area (Å²) in [6.07, 6.45) is 7.23. The first-order valence-corrected chi connectivity index (χ1v) is 12.5. The van der Waals surface area contributed by atoms with Crippen LogP contribution in [0.5, 0.6) is 0 Å². The number of aryl methyl sites for hydroxylation is 1. The molecule has 9 heteroatoms. The molecule has 0 bridgehead atoms. The van der Waals surface area contributed by atoms with Crippen LogP contribution in [-0.4, -0.2) is 48.0 Å². The number of hydrogen-bond acceptors (Lipinski definition) is 5. The van der Waals surface area contributed by atoms with Crippen molar-refractivity contribution in [3.63, 3.8) is 0 Å². The lowest BCUT2D eigenvalue weighted by molar-refractivity contribution is 0.102. The summed E-state index contributed by atoms with van der Waals surface area (Å²) in [4.78, 5) is 17.0. The molecule has 1 amide bonds. The van der Waals surface area contributed by atoms with Crippen LogP contribution in [0, 0.1) is 0 Å². The molecule has 1 aromatic heterocycles. The molecule has 2 aliphatic rings. The summed E-state index contributed by atoms with van der Waals surface area (Å²) in [5.74, 6) is -0.216. The van der Waals surface area contributed by atoms with Gasteiger partial charge >= 0.3 is 0 Å². The molecule has 1 saturated carbocycles. The first-order valence-electron chi connectivity index (χ1n) is 10.7. The number of anilines is 2. The Hall–Kier alpha value is -2.16. The lowest BCUT2D eigenvalue weighted by atomic mass is 10.0. The van der Waals surface area contributed by atoms with Gasteiger partial charge in [-0.1, -0.05) is 18.5 Å². The van der Waals surface area contributed by atoms with Crippen LogP contribution in [0.25, 0.3) is 0 Å². The number of piperidine rings is 1. The molecule has 4 rings (SSSR count). The van der Waals surface area contributed by atoms with E-state index in [9.17, 15) is 13.2 Å². The van der Waals surface area contributed by atoms with Crippen molar-refractivity contribution in [2.75, 3.05) is 23.7 Å². The fraction of sp³-hybridized carbons (Fsp3) is 0.455. The predicted molar refractivity (Wildman–Crippen MR) is 123 cm³/mol. The number of rotatable bonds is 7. The molecule has 31 heavy (non-hydrogen) atoms. The van der Waals surface area contributed by atoms with Crippen molar-refractivity contribution in [3.05, 3.63) is 52.8 Å². The van der Waals surface area contributed by atoms with Gasteiger partial charge < -0.3 is 10.6 Å². The zero-order valence-corrected chi connectivity index (χ0v) is 19.0. The molecule has 1 saturated heterocycles.